The lowest BCUT2D eigenvalue weighted by Crippen LogP contribution is -2.78. The first-order valence-electron chi connectivity index (χ1n) is 10.9. The van der Waals surface area contributed by atoms with Crippen molar-refractivity contribution in [1.82, 2.24) is 19.9 Å². The first-order chi connectivity index (χ1) is 16.1. The normalized spacial score (nSPS) is 16.9. The number of hydrogen-bond donors (Lipinski definition) is 2. The molecule has 2 aliphatic heterocycles. The smallest absolute Gasteiger partial charge is 0.410 e. The van der Waals surface area contributed by atoms with Gasteiger partial charge in [-0.15, -0.1) is 0 Å². The van der Waals surface area contributed by atoms with E-state index in [0.717, 1.165) is 6.42 Å². The number of fused-ring (bicyclic) bond motifs is 1. The first kappa shape index (κ1) is 22.4. The minimum atomic E-state index is -0.790. The van der Waals surface area contributed by atoms with Gasteiger partial charge in [0.25, 0.3) is 0 Å². The van der Waals surface area contributed by atoms with Gasteiger partial charge in [-0.1, -0.05) is 11.6 Å². The summed E-state index contributed by atoms with van der Waals surface area (Å²) in [5, 5.41) is 12.1. The number of hydrogen-bond acceptors (Lipinski definition) is 8. The summed E-state index contributed by atoms with van der Waals surface area (Å²) in [7, 11) is 0. The standard InChI is InChI=1S/C23H24ClFN6O3/c1-22(2,3)34-21(33)31-9-8-23(31)10-30(11-23)16-7-5-14-19(29-16)20(27-12-26-14)28-13-4-6-15(32)17(24)18(13)25/h4-7,12,32H,8-11H2,1-3H3,(H,26,27,28). The lowest BCUT2D eigenvalue weighted by atomic mass is 9.78. The van der Waals surface area contributed by atoms with Crippen LogP contribution < -0.4 is 10.2 Å². The van der Waals surface area contributed by atoms with E-state index in [1.807, 2.05) is 32.9 Å². The van der Waals surface area contributed by atoms with Crippen LogP contribution in [-0.2, 0) is 4.74 Å². The second-order valence-electron chi connectivity index (χ2n) is 9.61. The molecule has 2 N–H and O–H groups in total. The molecule has 9 nitrogen and oxygen atoms in total. The number of halogens is 2. The van der Waals surface area contributed by atoms with Crippen molar-refractivity contribution in [3.8, 4) is 5.75 Å². The van der Waals surface area contributed by atoms with Gasteiger partial charge in [-0.2, -0.15) is 0 Å². The van der Waals surface area contributed by atoms with E-state index < -0.39 is 11.4 Å². The monoisotopic (exact) mass is 486 g/mol. The van der Waals surface area contributed by atoms with Crippen LogP contribution in [0.4, 0.5) is 26.5 Å². The number of carbonyl (C=O) groups is 1. The second-order valence-corrected chi connectivity index (χ2v) is 9.99. The van der Waals surface area contributed by atoms with E-state index in [0.29, 0.717) is 42.3 Å². The Morgan fingerprint density at radius 3 is 2.68 bits per heavy atom. The van der Waals surface area contributed by atoms with Crippen molar-refractivity contribution in [3.63, 3.8) is 0 Å². The molecular weight excluding hydrogens is 463 g/mol. The van der Waals surface area contributed by atoms with Crippen LogP contribution in [0.15, 0.2) is 30.6 Å². The van der Waals surface area contributed by atoms with Gasteiger partial charge in [0, 0.05) is 19.6 Å². The first-order valence-corrected chi connectivity index (χ1v) is 11.3. The molecule has 1 amide bonds. The van der Waals surface area contributed by atoms with Gasteiger partial charge in [0.15, 0.2) is 11.6 Å². The number of phenols is 1. The molecule has 2 fully saturated rings. The number of likely N-dealkylation sites (tertiary alicyclic amines) is 1. The van der Waals surface area contributed by atoms with E-state index in [-0.39, 0.29) is 28.1 Å². The van der Waals surface area contributed by atoms with Gasteiger partial charge in [0.05, 0.1) is 16.7 Å². The highest BCUT2D eigenvalue weighted by Crippen LogP contribution is 2.42. The predicted octanol–water partition coefficient (Wildman–Crippen LogP) is 4.47. The molecule has 2 aromatic heterocycles. The molecule has 4 heterocycles. The van der Waals surface area contributed by atoms with Crippen molar-refractivity contribution in [1.29, 1.82) is 0 Å². The molecule has 1 aromatic carbocycles. The predicted molar refractivity (Wildman–Crippen MR) is 126 cm³/mol. The molecule has 11 heteroatoms. The van der Waals surface area contributed by atoms with E-state index in [1.165, 1.54) is 18.5 Å². The van der Waals surface area contributed by atoms with Crippen LogP contribution in [-0.4, -0.2) is 61.8 Å². The number of phenolic OH excluding ortho intramolecular Hbond substituents is 1. The van der Waals surface area contributed by atoms with Crippen LogP contribution in [0.2, 0.25) is 5.02 Å². The molecule has 0 saturated carbocycles. The van der Waals surface area contributed by atoms with E-state index in [1.54, 1.807) is 4.90 Å². The zero-order chi connectivity index (χ0) is 24.3. The molecule has 1 spiro atoms. The SMILES string of the molecule is CC(C)(C)OC(=O)N1CCC12CN(c1ccc3ncnc(Nc4ccc(O)c(Cl)c4F)c3n1)C2. The van der Waals surface area contributed by atoms with Crippen LogP contribution in [0, 0.1) is 5.82 Å². The highest BCUT2D eigenvalue weighted by Gasteiger charge is 2.56. The van der Waals surface area contributed by atoms with Crippen LogP contribution in [0.3, 0.4) is 0 Å². The van der Waals surface area contributed by atoms with Crippen LogP contribution in [0.1, 0.15) is 27.2 Å². The van der Waals surface area contributed by atoms with E-state index in [4.69, 9.17) is 21.3 Å². The van der Waals surface area contributed by atoms with Gasteiger partial charge in [0.1, 0.15) is 34.0 Å². The molecule has 3 aromatic rings. The van der Waals surface area contributed by atoms with Gasteiger partial charge in [-0.25, -0.2) is 24.1 Å². The Hall–Kier alpha value is -3.40. The quantitative estimate of drug-likeness (QED) is 0.523. The Balaban J connectivity index is 1.37. The Labute approximate surface area is 200 Å². The maximum Gasteiger partial charge on any atom is 0.410 e. The Morgan fingerprint density at radius 2 is 2.00 bits per heavy atom. The van der Waals surface area contributed by atoms with Gasteiger partial charge >= 0.3 is 6.09 Å². The summed E-state index contributed by atoms with van der Waals surface area (Å²) in [4.78, 5) is 29.6. The lowest BCUT2D eigenvalue weighted by Gasteiger charge is -2.62. The van der Waals surface area contributed by atoms with Gasteiger partial charge in [-0.05, 0) is 51.5 Å². The molecule has 0 unspecified atom stereocenters. The summed E-state index contributed by atoms with van der Waals surface area (Å²) in [5.74, 6) is -0.125. The van der Waals surface area contributed by atoms with Crippen LogP contribution in [0.5, 0.6) is 5.75 Å². The van der Waals surface area contributed by atoms with Crippen molar-refractivity contribution < 1.29 is 19.0 Å². The summed E-state index contributed by atoms with van der Waals surface area (Å²) >= 11 is 5.82. The number of nitrogens with zero attached hydrogens (tertiary/aromatic N) is 5. The van der Waals surface area contributed by atoms with E-state index in [2.05, 4.69) is 20.2 Å². The highest BCUT2D eigenvalue weighted by molar-refractivity contribution is 6.32. The molecular formula is C23H24ClFN6O3. The van der Waals surface area contributed by atoms with Crippen molar-refractivity contribution in [2.45, 2.75) is 38.3 Å². The number of anilines is 3. The van der Waals surface area contributed by atoms with Crippen molar-refractivity contribution in [2.24, 2.45) is 0 Å². The second kappa shape index (κ2) is 7.83. The lowest BCUT2D eigenvalue weighted by molar-refractivity contribution is -0.0562. The van der Waals surface area contributed by atoms with Crippen molar-refractivity contribution in [3.05, 3.63) is 41.4 Å². The zero-order valence-electron chi connectivity index (χ0n) is 19.0. The van der Waals surface area contributed by atoms with Crippen LogP contribution in [0.25, 0.3) is 11.0 Å². The molecule has 2 aliphatic rings. The van der Waals surface area contributed by atoms with E-state index in [9.17, 15) is 14.3 Å². The summed E-state index contributed by atoms with van der Waals surface area (Å²) < 4.78 is 20.0. The van der Waals surface area contributed by atoms with Crippen LogP contribution >= 0.6 is 11.6 Å². The van der Waals surface area contributed by atoms with Gasteiger partial charge in [-0.3, -0.25) is 4.90 Å². The van der Waals surface area contributed by atoms with Crippen molar-refractivity contribution in [2.75, 3.05) is 29.9 Å². The Kier molecular flexibility index (Phi) is 5.16. The fourth-order valence-electron chi connectivity index (χ4n) is 4.26. The number of amides is 1. The largest absolute Gasteiger partial charge is 0.506 e. The third-order valence-electron chi connectivity index (χ3n) is 6.06. The number of nitrogens with one attached hydrogen (secondary N) is 1. The summed E-state index contributed by atoms with van der Waals surface area (Å²) in [6, 6.07) is 6.35. The molecule has 5 rings (SSSR count). The molecule has 0 radical (unpaired) electrons. The zero-order valence-corrected chi connectivity index (χ0v) is 19.7. The third-order valence-corrected chi connectivity index (χ3v) is 6.42. The number of aromatic nitrogens is 3. The maximum atomic E-state index is 14.5. The maximum absolute atomic E-state index is 14.5. The van der Waals surface area contributed by atoms with Crippen molar-refractivity contribution >= 4 is 46.1 Å². The Morgan fingerprint density at radius 1 is 1.24 bits per heavy atom. The minimum absolute atomic E-state index is 0.0559. The average Bonchev–Trinajstić information content (AvgIpc) is 2.71. The average molecular weight is 487 g/mol. The molecule has 0 bridgehead atoms. The number of aromatic hydroxyl groups is 1. The fraction of sp³-hybridized carbons (Fsp3) is 0.391. The summed E-state index contributed by atoms with van der Waals surface area (Å²) in [5.41, 5.74) is 0.323. The number of ether oxygens (including phenoxy) is 1. The third kappa shape index (κ3) is 3.81. The molecule has 178 valence electrons. The number of rotatable bonds is 3. The fourth-order valence-corrected chi connectivity index (χ4v) is 4.42. The Bertz CT molecular complexity index is 1290. The number of benzene rings is 1. The topological polar surface area (TPSA) is 104 Å². The highest BCUT2D eigenvalue weighted by atomic mass is 35.5. The molecule has 2 saturated heterocycles. The molecule has 34 heavy (non-hydrogen) atoms. The summed E-state index contributed by atoms with van der Waals surface area (Å²) in [6.07, 6.45) is 1.98. The minimum Gasteiger partial charge on any atom is -0.506 e. The number of carbonyl (C=O) groups excluding carboxylic acids is 1. The van der Waals surface area contributed by atoms with E-state index >= 15 is 0 Å². The molecule has 0 aliphatic carbocycles. The summed E-state index contributed by atoms with van der Waals surface area (Å²) in [6.45, 7) is 7.53. The molecule has 0 atom stereocenters. The number of pyridine rings is 1. The van der Waals surface area contributed by atoms with Gasteiger partial charge in [0.2, 0.25) is 0 Å². The van der Waals surface area contributed by atoms with Gasteiger partial charge < -0.3 is 20.1 Å².